The maximum absolute atomic E-state index is 12.6. The van der Waals surface area contributed by atoms with Gasteiger partial charge in [-0.25, -0.2) is 4.98 Å². The highest BCUT2D eigenvalue weighted by Crippen LogP contribution is 2.24. The van der Waals surface area contributed by atoms with E-state index in [0.717, 1.165) is 46.4 Å². The number of halogens is 1. The van der Waals surface area contributed by atoms with Gasteiger partial charge in [0.05, 0.1) is 17.0 Å². The second-order valence-corrected chi connectivity index (χ2v) is 7.53. The van der Waals surface area contributed by atoms with Gasteiger partial charge in [-0.05, 0) is 36.6 Å². The Bertz CT molecular complexity index is 890. The Morgan fingerprint density at radius 2 is 2.04 bits per heavy atom. The molecular weight excluding hydrogens is 392 g/mol. The molecule has 134 valence electrons. The Balaban J connectivity index is 1.41. The highest BCUT2D eigenvalue weighted by Gasteiger charge is 2.27. The van der Waals surface area contributed by atoms with E-state index < -0.39 is 0 Å². The summed E-state index contributed by atoms with van der Waals surface area (Å²) in [4.78, 5) is 22.9. The fraction of sp³-hybridized carbons (Fsp3) is 0.300. The molecule has 3 aromatic rings. The second kappa shape index (κ2) is 7.50. The number of rotatable bonds is 4. The number of amides is 1. The fourth-order valence-corrected chi connectivity index (χ4v) is 3.87. The highest BCUT2D eigenvalue weighted by atomic mass is 79.9. The molecule has 1 amide bonds. The first kappa shape index (κ1) is 17.1. The summed E-state index contributed by atoms with van der Waals surface area (Å²) in [5.74, 6) is 0.954. The average molecular weight is 413 g/mol. The summed E-state index contributed by atoms with van der Waals surface area (Å²) in [6.45, 7) is 2.16. The molecule has 4 rings (SSSR count). The molecule has 1 aromatic heterocycles. The lowest BCUT2D eigenvalue weighted by Crippen LogP contribution is -2.43. The summed E-state index contributed by atoms with van der Waals surface area (Å²) >= 11 is 3.53. The molecule has 2 heterocycles. The van der Waals surface area contributed by atoms with E-state index in [0.29, 0.717) is 13.1 Å². The number of hydrogen-bond donors (Lipinski definition) is 2. The van der Waals surface area contributed by atoms with Crippen LogP contribution in [0.25, 0.3) is 11.0 Å². The maximum Gasteiger partial charge on any atom is 0.225 e. The molecule has 1 atom stereocenters. The van der Waals surface area contributed by atoms with Gasteiger partial charge in [0.1, 0.15) is 0 Å². The zero-order valence-corrected chi connectivity index (χ0v) is 16.0. The number of para-hydroxylation sites is 2. The predicted octanol–water partition coefficient (Wildman–Crippen LogP) is 3.86. The number of H-pyrrole nitrogens is 1. The number of nitrogens with zero attached hydrogens (tertiary/aromatic N) is 2. The number of anilines is 1. The molecule has 0 unspecified atom stereocenters. The van der Waals surface area contributed by atoms with Crippen molar-refractivity contribution in [3.63, 3.8) is 0 Å². The minimum Gasteiger partial charge on any atom is -0.352 e. The first-order valence-corrected chi connectivity index (χ1v) is 9.71. The van der Waals surface area contributed by atoms with E-state index in [1.165, 1.54) is 0 Å². The Morgan fingerprint density at radius 3 is 2.88 bits per heavy atom. The molecule has 6 heteroatoms. The lowest BCUT2D eigenvalue weighted by molar-refractivity contribution is -0.125. The van der Waals surface area contributed by atoms with Crippen LogP contribution in [-0.2, 0) is 11.3 Å². The SMILES string of the molecule is O=C(NCc1ccccc1Br)[C@H]1CCCN(c2nc3ccccc3[nH]2)C1. The third-order valence-corrected chi connectivity index (χ3v) is 5.65. The summed E-state index contributed by atoms with van der Waals surface area (Å²) < 4.78 is 1.02. The van der Waals surface area contributed by atoms with Gasteiger partial charge < -0.3 is 15.2 Å². The van der Waals surface area contributed by atoms with E-state index in [9.17, 15) is 4.79 Å². The van der Waals surface area contributed by atoms with Crippen molar-refractivity contribution >= 4 is 38.8 Å². The highest BCUT2D eigenvalue weighted by molar-refractivity contribution is 9.10. The average Bonchev–Trinajstić information content (AvgIpc) is 3.11. The molecule has 0 aliphatic carbocycles. The lowest BCUT2D eigenvalue weighted by atomic mass is 9.97. The van der Waals surface area contributed by atoms with Crippen molar-refractivity contribution in [1.82, 2.24) is 15.3 Å². The van der Waals surface area contributed by atoms with Gasteiger partial charge >= 0.3 is 0 Å². The number of fused-ring (bicyclic) bond motifs is 1. The molecular formula is C20H21BrN4O. The zero-order valence-electron chi connectivity index (χ0n) is 14.4. The zero-order chi connectivity index (χ0) is 17.9. The molecule has 1 fully saturated rings. The number of carbonyl (C=O) groups is 1. The van der Waals surface area contributed by atoms with Crippen molar-refractivity contribution < 1.29 is 4.79 Å². The summed E-state index contributed by atoms with van der Waals surface area (Å²) in [5, 5.41) is 3.08. The van der Waals surface area contributed by atoms with Crippen molar-refractivity contribution in [3.05, 3.63) is 58.6 Å². The van der Waals surface area contributed by atoms with Gasteiger partial charge in [-0.1, -0.05) is 46.3 Å². The quantitative estimate of drug-likeness (QED) is 0.683. The number of hydrogen-bond acceptors (Lipinski definition) is 3. The van der Waals surface area contributed by atoms with Crippen LogP contribution in [0, 0.1) is 5.92 Å². The van der Waals surface area contributed by atoms with Gasteiger partial charge in [0.25, 0.3) is 0 Å². The molecule has 1 saturated heterocycles. The fourth-order valence-electron chi connectivity index (χ4n) is 3.44. The Labute approximate surface area is 160 Å². The van der Waals surface area contributed by atoms with Crippen molar-refractivity contribution in [1.29, 1.82) is 0 Å². The third kappa shape index (κ3) is 3.60. The summed E-state index contributed by atoms with van der Waals surface area (Å²) in [5.41, 5.74) is 3.08. The number of benzene rings is 2. The first-order chi connectivity index (χ1) is 12.7. The maximum atomic E-state index is 12.6. The molecule has 5 nitrogen and oxygen atoms in total. The van der Waals surface area contributed by atoms with Crippen LogP contribution >= 0.6 is 15.9 Å². The van der Waals surface area contributed by atoms with Gasteiger partial charge in [-0.2, -0.15) is 0 Å². The van der Waals surface area contributed by atoms with Crippen molar-refractivity contribution in [2.24, 2.45) is 5.92 Å². The summed E-state index contributed by atoms with van der Waals surface area (Å²) in [7, 11) is 0. The van der Waals surface area contributed by atoms with Gasteiger partial charge in [-0.3, -0.25) is 4.79 Å². The predicted molar refractivity (Wildman–Crippen MR) is 107 cm³/mol. The molecule has 2 N–H and O–H groups in total. The van der Waals surface area contributed by atoms with E-state index in [-0.39, 0.29) is 11.8 Å². The van der Waals surface area contributed by atoms with Crippen LogP contribution in [0.3, 0.4) is 0 Å². The molecule has 2 aromatic carbocycles. The van der Waals surface area contributed by atoms with Crippen LogP contribution in [0.2, 0.25) is 0 Å². The number of piperidine rings is 1. The van der Waals surface area contributed by atoms with E-state index >= 15 is 0 Å². The standard InChI is InChI=1S/C20H21BrN4O/c21-16-8-2-1-6-14(16)12-22-19(26)15-7-5-11-25(13-15)20-23-17-9-3-4-10-18(17)24-20/h1-4,6,8-10,15H,5,7,11-13H2,(H,22,26)(H,23,24)/t15-/m0/s1. The Kier molecular flexibility index (Phi) is 4.93. The van der Waals surface area contributed by atoms with Gasteiger partial charge in [-0.15, -0.1) is 0 Å². The van der Waals surface area contributed by atoms with E-state index in [1.54, 1.807) is 0 Å². The third-order valence-electron chi connectivity index (χ3n) is 4.88. The van der Waals surface area contributed by atoms with Crippen LogP contribution in [0.15, 0.2) is 53.0 Å². The summed E-state index contributed by atoms with van der Waals surface area (Å²) in [6.07, 6.45) is 1.91. The number of nitrogens with one attached hydrogen (secondary N) is 2. The Hall–Kier alpha value is -2.34. The normalized spacial score (nSPS) is 17.4. The molecule has 0 bridgehead atoms. The summed E-state index contributed by atoms with van der Waals surface area (Å²) in [6, 6.07) is 16.0. The van der Waals surface area contributed by atoms with Crippen LogP contribution < -0.4 is 10.2 Å². The van der Waals surface area contributed by atoms with Gasteiger partial charge in [0.2, 0.25) is 11.9 Å². The van der Waals surface area contributed by atoms with Crippen molar-refractivity contribution in [3.8, 4) is 0 Å². The number of carbonyl (C=O) groups excluding carboxylic acids is 1. The molecule has 0 saturated carbocycles. The van der Waals surface area contributed by atoms with E-state index in [2.05, 4.69) is 36.1 Å². The lowest BCUT2D eigenvalue weighted by Gasteiger charge is -2.31. The van der Waals surface area contributed by atoms with E-state index in [1.807, 2.05) is 48.5 Å². The van der Waals surface area contributed by atoms with Gasteiger partial charge in [0.15, 0.2) is 0 Å². The van der Waals surface area contributed by atoms with Crippen LogP contribution in [0.5, 0.6) is 0 Å². The second-order valence-electron chi connectivity index (χ2n) is 6.67. The number of imidazole rings is 1. The van der Waals surface area contributed by atoms with Crippen LogP contribution in [-0.4, -0.2) is 29.0 Å². The molecule has 26 heavy (non-hydrogen) atoms. The largest absolute Gasteiger partial charge is 0.352 e. The number of aromatic amines is 1. The van der Waals surface area contributed by atoms with Gasteiger partial charge in [0, 0.05) is 24.1 Å². The van der Waals surface area contributed by atoms with Crippen LogP contribution in [0.1, 0.15) is 18.4 Å². The van der Waals surface area contributed by atoms with E-state index in [4.69, 9.17) is 0 Å². The van der Waals surface area contributed by atoms with Crippen molar-refractivity contribution in [2.75, 3.05) is 18.0 Å². The monoisotopic (exact) mass is 412 g/mol. The molecule has 0 radical (unpaired) electrons. The first-order valence-electron chi connectivity index (χ1n) is 8.91. The van der Waals surface area contributed by atoms with Crippen LogP contribution in [0.4, 0.5) is 5.95 Å². The number of aromatic nitrogens is 2. The Morgan fingerprint density at radius 1 is 1.23 bits per heavy atom. The molecule has 0 spiro atoms. The molecule has 1 aliphatic rings. The van der Waals surface area contributed by atoms with Crippen molar-refractivity contribution in [2.45, 2.75) is 19.4 Å². The smallest absolute Gasteiger partial charge is 0.225 e. The topological polar surface area (TPSA) is 61.0 Å². The minimum atomic E-state index is -0.0144. The molecule has 1 aliphatic heterocycles. The minimum absolute atomic E-state index is 0.0144.